The zero-order chi connectivity index (χ0) is 15.0. The summed E-state index contributed by atoms with van der Waals surface area (Å²) in [6.45, 7) is 4.32. The summed E-state index contributed by atoms with van der Waals surface area (Å²) < 4.78 is 4.93. The second-order valence-corrected chi connectivity index (χ2v) is 4.08. The number of aliphatic imine (C=N–C) groups is 1. The molecular formula is C15H20N2O3. The summed E-state index contributed by atoms with van der Waals surface area (Å²) in [4.78, 5) is 16.0. The van der Waals surface area contributed by atoms with Crippen LogP contribution in [0.25, 0.3) is 5.76 Å². The first-order chi connectivity index (χ1) is 9.61. The number of nitrogens with two attached hydrogens (primary N) is 1. The van der Waals surface area contributed by atoms with Crippen molar-refractivity contribution in [2.45, 2.75) is 20.3 Å². The molecule has 0 atom stereocenters. The summed E-state index contributed by atoms with van der Waals surface area (Å²) in [5.41, 5.74) is 6.20. The van der Waals surface area contributed by atoms with Crippen LogP contribution in [0.4, 0.5) is 0 Å². The van der Waals surface area contributed by atoms with E-state index in [0.717, 1.165) is 6.42 Å². The van der Waals surface area contributed by atoms with E-state index in [-0.39, 0.29) is 23.8 Å². The number of esters is 1. The van der Waals surface area contributed by atoms with E-state index in [1.807, 2.05) is 13.0 Å². The standard InChI is InChI=1S/C15H20N2O3/c1-3-10-17-14(16)12(15(19)20-4-2)13(18)11-8-6-5-7-9-11/h5-9,18H,3-4,10H2,1-2H3,(H2,16,17)/b13-12-. The zero-order valence-corrected chi connectivity index (χ0v) is 11.8. The molecule has 0 unspecified atom stereocenters. The van der Waals surface area contributed by atoms with Crippen LogP contribution in [0, 0.1) is 0 Å². The lowest BCUT2D eigenvalue weighted by atomic mass is 10.1. The first-order valence-corrected chi connectivity index (χ1v) is 6.57. The number of carbonyl (C=O) groups is 1. The van der Waals surface area contributed by atoms with Crippen molar-refractivity contribution in [2.24, 2.45) is 10.7 Å². The fourth-order valence-corrected chi connectivity index (χ4v) is 1.58. The Morgan fingerprint density at radius 1 is 1.30 bits per heavy atom. The molecule has 1 rings (SSSR count). The molecular weight excluding hydrogens is 256 g/mol. The molecule has 0 aromatic heterocycles. The lowest BCUT2D eigenvalue weighted by Gasteiger charge is -2.10. The number of rotatable bonds is 6. The maximum atomic E-state index is 12.0. The third-order valence-corrected chi connectivity index (χ3v) is 2.53. The smallest absolute Gasteiger partial charge is 0.345 e. The Balaban J connectivity index is 3.25. The molecule has 108 valence electrons. The third-order valence-electron chi connectivity index (χ3n) is 2.53. The Labute approximate surface area is 118 Å². The normalized spacial score (nSPS) is 12.8. The van der Waals surface area contributed by atoms with Gasteiger partial charge in [0.15, 0.2) is 0 Å². The van der Waals surface area contributed by atoms with E-state index in [9.17, 15) is 9.90 Å². The van der Waals surface area contributed by atoms with E-state index in [1.165, 1.54) is 0 Å². The molecule has 0 heterocycles. The molecule has 1 aromatic carbocycles. The van der Waals surface area contributed by atoms with Crippen molar-refractivity contribution in [3.63, 3.8) is 0 Å². The van der Waals surface area contributed by atoms with Crippen molar-refractivity contribution in [1.82, 2.24) is 0 Å². The number of nitrogens with zero attached hydrogens (tertiary/aromatic N) is 1. The van der Waals surface area contributed by atoms with Gasteiger partial charge in [-0.15, -0.1) is 0 Å². The number of hydrogen-bond acceptors (Lipinski definition) is 4. The molecule has 0 spiro atoms. The number of carbonyl (C=O) groups excluding carboxylic acids is 1. The molecule has 0 bridgehead atoms. The Kier molecular flexibility index (Phi) is 6.29. The molecule has 0 saturated heterocycles. The molecule has 0 aliphatic heterocycles. The van der Waals surface area contributed by atoms with Crippen LogP contribution in [0.1, 0.15) is 25.8 Å². The summed E-state index contributed by atoms with van der Waals surface area (Å²) in [6.07, 6.45) is 0.795. The number of ether oxygens (including phenoxy) is 1. The first kappa shape index (κ1) is 15.8. The minimum atomic E-state index is -0.675. The molecule has 0 saturated carbocycles. The molecule has 5 heteroatoms. The monoisotopic (exact) mass is 276 g/mol. The molecule has 20 heavy (non-hydrogen) atoms. The van der Waals surface area contributed by atoms with E-state index in [1.54, 1.807) is 31.2 Å². The molecule has 0 amide bonds. The van der Waals surface area contributed by atoms with Crippen molar-refractivity contribution < 1.29 is 14.6 Å². The van der Waals surface area contributed by atoms with Crippen molar-refractivity contribution in [3.05, 3.63) is 41.5 Å². The maximum absolute atomic E-state index is 12.0. The molecule has 3 N–H and O–H groups in total. The van der Waals surface area contributed by atoms with Crippen LogP contribution in [0.3, 0.4) is 0 Å². The summed E-state index contributed by atoms with van der Waals surface area (Å²) in [6, 6.07) is 8.69. The molecule has 0 aliphatic carbocycles. The number of aliphatic hydroxyl groups is 1. The first-order valence-electron chi connectivity index (χ1n) is 6.57. The average Bonchev–Trinajstić information content (AvgIpc) is 2.46. The van der Waals surface area contributed by atoms with E-state index in [2.05, 4.69) is 4.99 Å². The van der Waals surface area contributed by atoms with E-state index in [4.69, 9.17) is 10.5 Å². The van der Waals surface area contributed by atoms with Crippen LogP contribution in [-0.4, -0.2) is 30.1 Å². The molecule has 0 fully saturated rings. The van der Waals surface area contributed by atoms with Crippen LogP contribution >= 0.6 is 0 Å². The van der Waals surface area contributed by atoms with Crippen molar-refractivity contribution in [2.75, 3.05) is 13.2 Å². The Hall–Kier alpha value is -2.30. The van der Waals surface area contributed by atoms with Gasteiger partial charge in [0.2, 0.25) is 0 Å². The average molecular weight is 276 g/mol. The fourth-order valence-electron chi connectivity index (χ4n) is 1.58. The van der Waals surface area contributed by atoms with Gasteiger partial charge in [-0.2, -0.15) is 0 Å². The van der Waals surface area contributed by atoms with Crippen LogP contribution in [0.15, 0.2) is 40.9 Å². The Bertz CT molecular complexity index is 507. The SMILES string of the molecule is CCCN=C(N)/C(C(=O)OCC)=C(/O)c1ccccc1. The van der Waals surface area contributed by atoms with Gasteiger partial charge in [0.25, 0.3) is 0 Å². The van der Waals surface area contributed by atoms with Crippen LogP contribution in [-0.2, 0) is 9.53 Å². The Morgan fingerprint density at radius 2 is 1.95 bits per heavy atom. The highest BCUT2D eigenvalue weighted by atomic mass is 16.5. The molecule has 5 nitrogen and oxygen atoms in total. The van der Waals surface area contributed by atoms with Gasteiger partial charge in [0.1, 0.15) is 17.2 Å². The van der Waals surface area contributed by atoms with Gasteiger partial charge in [-0.05, 0) is 13.3 Å². The van der Waals surface area contributed by atoms with Gasteiger partial charge in [0, 0.05) is 12.1 Å². The number of aliphatic hydroxyl groups excluding tert-OH is 1. The number of benzene rings is 1. The molecule has 0 radical (unpaired) electrons. The number of hydrogen-bond donors (Lipinski definition) is 2. The largest absolute Gasteiger partial charge is 0.506 e. The maximum Gasteiger partial charge on any atom is 0.345 e. The zero-order valence-electron chi connectivity index (χ0n) is 11.8. The van der Waals surface area contributed by atoms with E-state index in [0.29, 0.717) is 12.1 Å². The van der Waals surface area contributed by atoms with E-state index >= 15 is 0 Å². The molecule has 1 aromatic rings. The quantitative estimate of drug-likeness (QED) is 0.274. The summed E-state index contributed by atoms with van der Waals surface area (Å²) in [7, 11) is 0. The predicted octanol–water partition coefficient (Wildman–Crippen LogP) is 2.29. The van der Waals surface area contributed by atoms with E-state index < -0.39 is 5.97 Å². The fraction of sp³-hybridized carbons (Fsp3) is 0.333. The van der Waals surface area contributed by atoms with Gasteiger partial charge in [-0.3, -0.25) is 4.99 Å². The lowest BCUT2D eigenvalue weighted by molar-refractivity contribution is -0.137. The second kappa shape index (κ2) is 7.99. The van der Waals surface area contributed by atoms with Gasteiger partial charge >= 0.3 is 5.97 Å². The highest BCUT2D eigenvalue weighted by Crippen LogP contribution is 2.17. The van der Waals surface area contributed by atoms with Gasteiger partial charge in [-0.1, -0.05) is 37.3 Å². The lowest BCUT2D eigenvalue weighted by Crippen LogP contribution is -2.25. The van der Waals surface area contributed by atoms with Crippen molar-refractivity contribution >= 4 is 17.6 Å². The summed E-state index contributed by atoms with van der Waals surface area (Å²) in [5, 5.41) is 10.3. The summed E-state index contributed by atoms with van der Waals surface area (Å²) >= 11 is 0. The Morgan fingerprint density at radius 3 is 2.50 bits per heavy atom. The van der Waals surface area contributed by atoms with Crippen LogP contribution < -0.4 is 5.73 Å². The van der Waals surface area contributed by atoms with Crippen LogP contribution in [0.5, 0.6) is 0 Å². The second-order valence-electron chi connectivity index (χ2n) is 4.08. The number of amidine groups is 1. The highest BCUT2D eigenvalue weighted by molar-refractivity contribution is 6.22. The van der Waals surface area contributed by atoms with Crippen molar-refractivity contribution in [1.29, 1.82) is 0 Å². The van der Waals surface area contributed by atoms with Gasteiger partial charge < -0.3 is 15.6 Å². The molecule has 0 aliphatic rings. The minimum Gasteiger partial charge on any atom is -0.506 e. The summed E-state index contributed by atoms with van der Waals surface area (Å²) in [5.74, 6) is -0.903. The van der Waals surface area contributed by atoms with Gasteiger partial charge in [0.05, 0.1) is 6.61 Å². The highest BCUT2D eigenvalue weighted by Gasteiger charge is 2.21. The van der Waals surface area contributed by atoms with Gasteiger partial charge in [-0.25, -0.2) is 4.79 Å². The van der Waals surface area contributed by atoms with Crippen molar-refractivity contribution in [3.8, 4) is 0 Å². The van der Waals surface area contributed by atoms with Crippen LogP contribution in [0.2, 0.25) is 0 Å². The topological polar surface area (TPSA) is 84.9 Å². The third kappa shape index (κ3) is 4.12. The predicted molar refractivity (Wildman–Crippen MR) is 79.4 cm³/mol. The minimum absolute atomic E-state index is 0.00773.